The molecule has 9 heteroatoms. The molecule has 1 N–H and O–H groups in total. The van der Waals surface area contributed by atoms with E-state index in [1.807, 2.05) is 50.2 Å². The van der Waals surface area contributed by atoms with E-state index in [0.29, 0.717) is 18.7 Å². The van der Waals surface area contributed by atoms with Crippen LogP contribution in [0.25, 0.3) is 0 Å². The molecule has 180 valence electrons. The summed E-state index contributed by atoms with van der Waals surface area (Å²) < 4.78 is 27.0. The summed E-state index contributed by atoms with van der Waals surface area (Å²) >= 11 is 3.40. The van der Waals surface area contributed by atoms with Crippen LogP contribution >= 0.6 is 15.9 Å². The number of benzene rings is 2. The lowest BCUT2D eigenvalue weighted by atomic mass is 10.1. The first-order chi connectivity index (χ1) is 15.5. The van der Waals surface area contributed by atoms with Crippen LogP contribution in [-0.2, 0) is 26.2 Å². The van der Waals surface area contributed by atoms with Gasteiger partial charge in [-0.05, 0) is 62.6 Å². The summed E-state index contributed by atoms with van der Waals surface area (Å²) in [6.07, 6.45) is 1.62. The van der Waals surface area contributed by atoms with Gasteiger partial charge in [-0.15, -0.1) is 0 Å². The number of nitrogens with one attached hydrogen (secondary N) is 1. The lowest BCUT2D eigenvalue weighted by Gasteiger charge is -2.29. The maximum Gasteiger partial charge on any atom is 0.242 e. The molecule has 0 saturated heterocycles. The molecule has 0 radical (unpaired) electrons. The number of carbonyl (C=O) groups excluding carboxylic acids is 2. The Morgan fingerprint density at radius 3 is 2.36 bits per heavy atom. The Morgan fingerprint density at radius 2 is 1.79 bits per heavy atom. The third-order valence-electron chi connectivity index (χ3n) is 5.23. The number of halogens is 1. The van der Waals surface area contributed by atoms with E-state index in [4.69, 9.17) is 0 Å². The second-order valence-corrected chi connectivity index (χ2v) is 10.8. The van der Waals surface area contributed by atoms with Crippen molar-refractivity contribution in [2.45, 2.75) is 46.2 Å². The number of rotatable bonds is 11. The molecule has 0 aliphatic heterocycles. The molecule has 1 atom stereocenters. The number of sulfonamides is 1. The molecule has 0 saturated carbocycles. The zero-order valence-electron chi connectivity index (χ0n) is 19.5. The van der Waals surface area contributed by atoms with Crippen molar-refractivity contribution in [2.24, 2.45) is 0 Å². The maximum absolute atomic E-state index is 13.2. The molecule has 0 heterocycles. The van der Waals surface area contributed by atoms with Crippen molar-refractivity contribution in [3.05, 3.63) is 64.1 Å². The van der Waals surface area contributed by atoms with Gasteiger partial charge in [0.25, 0.3) is 0 Å². The Morgan fingerprint density at radius 1 is 1.12 bits per heavy atom. The van der Waals surface area contributed by atoms with Gasteiger partial charge in [-0.1, -0.05) is 40.2 Å². The third-order valence-corrected chi connectivity index (χ3v) is 6.95. The number of nitrogens with zero attached hydrogens (tertiary/aromatic N) is 2. The molecule has 0 unspecified atom stereocenters. The molecular formula is C24H32BrN3O4S. The molecule has 0 spiro atoms. The van der Waals surface area contributed by atoms with E-state index in [-0.39, 0.29) is 31.3 Å². The van der Waals surface area contributed by atoms with Crippen molar-refractivity contribution in [3.8, 4) is 0 Å². The van der Waals surface area contributed by atoms with Gasteiger partial charge in [0.05, 0.1) is 11.9 Å². The van der Waals surface area contributed by atoms with E-state index in [1.54, 1.807) is 24.0 Å². The summed E-state index contributed by atoms with van der Waals surface area (Å²) in [7, 11) is -3.50. The molecule has 0 fully saturated rings. The van der Waals surface area contributed by atoms with Gasteiger partial charge in [0.15, 0.2) is 0 Å². The quantitative estimate of drug-likeness (QED) is 0.471. The topological polar surface area (TPSA) is 86.8 Å². The number of likely N-dealkylation sites (N-methyl/N-ethyl adjacent to an activating group) is 1. The van der Waals surface area contributed by atoms with Crippen molar-refractivity contribution in [1.82, 2.24) is 10.2 Å². The maximum atomic E-state index is 13.2. The highest BCUT2D eigenvalue weighted by Crippen LogP contribution is 2.20. The van der Waals surface area contributed by atoms with Crippen LogP contribution in [0.1, 0.15) is 37.8 Å². The third kappa shape index (κ3) is 8.16. The molecular weight excluding hydrogens is 506 g/mol. The number of carbonyl (C=O) groups is 2. The molecule has 2 amide bonds. The molecule has 0 aliphatic rings. The van der Waals surface area contributed by atoms with Crippen molar-refractivity contribution < 1.29 is 18.0 Å². The van der Waals surface area contributed by atoms with Gasteiger partial charge in [0, 0.05) is 30.5 Å². The van der Waals surface area contributed by atoms with Crippen LogP contribution in [0, 0.1) is 6.92 Å². The number of anilines is 1. The minimum absolute atomic E-state index is 0.123. The molecule has 2 rings (SSSR count). The highest BCUT2D eigenvalue weighted by atomic mass is 79.9. The highest BCUT2D eigenvalue weighted by molar-refractivity contribution is 9.10. The van der Waals surface area contributed by atoms with E-state index >= 15 is 0 Å². The van der Waals surface area contributed by atoms with Crippen molar-refractivity contribution in [1.29, 1.82) is 0 Å². The van der Waals surface area contributed by atoms with E-state index in [0.717, 1.165) is 21.9 Å². The van der Waals surface area contributed by atoms with Crippen LogP contribution in [-0.4, -0.2) is 50.5 Å². The zero-order chi connectivity index (χ0) is 24.6. The van der Waals surface area contributed by atoms with Gasteiger partial charge in [-0.25, -0.2) is 8.42 Å². The van der Waals surface area contributed by atoms with Crippen LogP contribution in [0.4, 0.5) is 5.69 Å². The predicted octanol–water partition coefficient (Wildman–Crippen LogP) is 3.86. The predicted molar refractivity (Wildman–Crippen MR) is 135 cm³/mol. The Hall–Kier alpha value is -2.39. The Kier molecular flexibility index (Phi) is 9.91. The van der Waals surface area contributed by atoms with Gasteiger partial charge >= 0.3 is 0 Å². The second kappa shape index (κ2) is 12.2. The molecule has 33 heavy (non-hydrogen) atoms. The van der Waals surface area contributed by atoms with Crippen LogP contribution in [0.2, 0.25) is 0 Å². The van der Waals surface area contributed by atoms with Crippen LogP contribution in [0.3, 0.4) is 0 Å². The first-order valence-corrected chi connectivity index (χ1v) is 13.5. The lowest BCUT2D eigenvalue weighted by molar-refractivity contribution is -0.140. The second-order valence-electron chi connectivity index (χ2n) is 8.00. The highest BCUT2D eigenvalue weighted by Gasteiger charge is 2.26. The number of amides is 2. The van der Waals surface area contributed by atoms with Crippen molar-refractivity contribution >= 4 is 43.5 Å². The van der Waals surface area contributed by atoms with Gasteiger partial charge in [-0.2, -0.15) is 0 Å². The fourth-order valence-corrected chi connectivity index (χ4v) is 4.70. The minimum atomic E-state index is -3.50. The summed E-state index contributed by atoms with van der Waals surface area (Å²) in [5.74, 6) is -0.421. The SMILES string of the molecule is CCNC(=O)[C@H](C)N(Cc1ccc(Br)cc1)C(=O)CCCN(c1cccc(C)c1)S(C)(=O)=O. The first-order valence-electron chi connectivity index (χ1n) is 10.9. The summed E-state index contributed by atoms with van der Waals surface area (Å²) in [6.45, 7) is 6.38. The Bertz CT molecular complexity index is 1060. The van der Waals surface area contributed by atoms with Gasteiger partial charge in [0.2, 0.25) is 21.8 Å². The van der Waals surface area contributed by atoms with E-state index in [2.05, 4.69) is 21.2 Å². The average molecular weight is 539 g/mol. The molecule has 2 aromatic rings. The Labute approximate surface area is 205 Å². The normalized spacial score (nSPS) is 12.2. The molecule has 2 aromatic carbocycles. The average Bonchev–Trinajstić information content (AvgIpc) is 2.75. The number of aryl methyl sites for hydroxylation is 1. The van der Waals surface area contributed by atoms with Crippen LogP contribution < -0.4 is 9.62 Å². The fraction of sp³-hybridized carbons (Fsp3) is 0.417. The summed E-state index contributed by atoms with van der Waals surface area (Å²) in [4.78, 5) is 27.2. The van der Waals surface area contributed by atoms with E-state index in [9.17, 15) is 18.0 Å². The standard InChI is InChI=1S/C24H32BrN3O4S/c1-5-26-24(30)19(3)27(17-20-11-13-21(25)14-12-20)23(29)10-7-15-28(33(4,31)32)22-9-6-8-18(2)16-22/h6,8-9,11-14,16,19H,5,7,10,15,17H2,1-4H3,(H,26,30)/t19-/m0/s1. The van der Waals surface area contributed by atoms with Crippen molar-refractivity contribution in [2.75, 3.05) is 23.7 Å². The molecule has 0 aromatic heterocycles. The number of hydrogen-bond acceptors (Lipinski definition) is 4. The summed E-state index contributed by atoms with van der Waals surface area (Å²) in [6, 6.07) is 14.2. The van der Waals surface area contributed by atoms with Gasteiger partial charge in [-0.3, -0.25) is 13.9 Å². The summed E-state index contributed by atoms with van der Waals surface area (Å²) in [5, 5.41) is 2.77. The molecule has 7 nitrogen and oxygen atoms in total. The van der Waals surface area contributed by atoms with Gasteiger partial charge < -0.3 is 10.2 Å². The minimum Gasteiger partial charge on any atom is -0.355 e. The van der Waals surface area contributed by atoms with Crippen LogP contribution in [0.5, 0.6) is 0 Å². The monoisotopic (exact) mass is 537 g/mol. The van der Waals surface area contributed by atoms with Gasteiger partial charge in [0.1, 0.15) is 6.04 Å². The zero-order valence-corrected chi connectivity index (χ0v) is 21.9. The number of hydrogen-bond donors (Lipinski definition) is 1. The lowest BCUT2D eigenvalue weighted by Crippen LogP contribution is -2.47. The molecule has 0 bridgehead atoms. The van der Waals surface area contributed by atoms with E-state index < -0.39 is 16.1 Å². The molecule has 0 aliphatic carbocycles. The largest absolute Gasteiger partial charge is 0.355 e. The Balaban J connectivity index is 2.14. The van der Waals surface area contributed by atoms with Crippen molar-refractivity contribution in [3.63, 3.8) is 0 Å². The first kappa shape index (κ1) is 26.9. The summed E-state index contributed by atoms with van der Waals surface area (Å²) in [5.41, 5.74) is 2.43. The fourth-order valence-electron chi connectivity index (χ4n) is 3.48. The van der Waals surface area contributed by atoms with E-state index in [1.165, 1.54) is 4.31 Å². The smallest absolute Gasteiger partial charge is 0.242 e. The van der Waals surface area contributed by atoms with Crippen LogP contribution in [0.15, 0.2) is 53.0 Å².